The predicted octanol–water partition coefficient (Wildman–Crippen LogP) is 0.421. The molecule has 0 saturated heterocycles. The minimum Gasteiger partial charge on any atom is -0.476 e. The number of azo groups is 1. The second-order valence-corrected chi connectivity index (χ2v) is 1.32. The van der Waals surface area contributed by atoms with E-state index in [2.05, 4.69) is 10.2 Å². The third-order valence-electron chi connectivity index (χ3n) is 0.764. The summed E-state index contributed by atoms with van der Waals surface area (Å²) in [5, 5.41) is 15.0. The number of aliphatic carboxylic acids is 1. The highest BCUT2D eigenvalue weighted by molar-refractivity contribution is 5.86. The lowest BCUT2D eigenvalue weighted by Gasteiger charge is -1.80. The molecule has 1 aliphatic heterocycles. The monoisotopic (exact) mass is 112 g/mol. The average molecular weight is 112 g/mol. The molecule has 1 rings (SSSR count). The van der Waals surface area contributed by atoms with Crippen molar-refractivity contribution in [1.82, 2.24) is 0 Å². The zero-order valence-corrected chi connectivity index (χ0v) is 4.03. The Balaban J connectivity index is 2.72. The fraction of sp³-hybridized carbons (Fsp3) is 0.250. The van der Waals surface area contributed by atoms with Gasteiger partial charge >= 0.3 is 5.97 Å². The Labute approximate surface area is 45.5 Å². The molecular formula is C4H4N2O2. The first-order chi connectivity index (χ1) is 3.80. The van der Waals surface area contributed by atoms with E-state index in [4.69, 9.17) is 5.11 Å². The Morgan fingerprint density at radius 3 is 2.88 bits per heavy atom. The molecule has 0 bridgehead atoms. The zero-order valence-electron chi connectivity index (χ0n) is 4.03. The lowest BCUT2D eigenvalue weighted by atomic mass is 10.4. The largest absolute Gasteiger partial charge is 0.476 e. The van der Waals surface area contributed by atoms with E-state index in [-0.39, 0.29) is 5.70 Å². The summed E-state index contributed by atoms with van der Waals surface area (Å²) in [7, 11) is 0. The van der Waals surface area contributed by atoms with E-state index in [0.717, 1.165) is 0 Å². The second kappa shape index (κ2) is 1.73. The van der Waals surface area contributed by atoms with Crippen molar-refractivity contribution in [3.05, 3.63) is 11.8 Å². The second-order valence-electron chi connectivity index (χ2n) is 1.32. The standard InChI is InChI=1S/C4H4N2O2/c7-4(8)3-1-2-5-6-3/h1H,2H2,(H,7,8). The first kappa shape index (κ1) is 4.96. The highest BCUT2D eigenvalue weighted by atomic mass is 16.4. The SMILES string of the molecule is O=C(O)C1=CCN=N1. The van der Waals surface area contributed by atoms with Crippen molar-refractivity contribution in [2.24, 2.45) is 10.2 Å². The number of rotatable bonds is 1. The molecule has 0 amide bonds. The fourth-order valence-electron chi connectivity index (χ4n) is 0.415. The van der Waals surface area contributed by atoms with Gasteiger partial charge in [-0.2, -0.15) is 5.11 Å². The van der Waals surface area contributed by atoms with Crippen molar-refractivity contribution in [1.29, 1.82) is 0 Å². The molecule has 4 heteroatoms. The van der Waals surface area contributed by atoms with Gasteiger partial charge in [0.05, 0.1) is 6.54 Å². The van der Waals surface area contributed by atoms with Gasteiger partial charge < -0.3 is 5.11 Å². The third kappa shape index (κ3) is 0.726. The van der Waals surface area contributed by atoms with Gasteiger partial charge in [0.2, 0.25) is 0 Å². The Morgan fingerprint density at radius 2 is 2.62 bits per heavy atom. The van der Waals surface area contributed by atoms with Crippen LogP contribution in [0.3, 0.4) is 0 Å². The van der Waals surface area contributed by atoms with Crippen molar-refractivity contribution in [3.63, 3.8) is 0 Å². The van der Waals surface area contributed by atoms with Crippen LogP contribution in [0.5, 0.6) is 0 Å². The van der Waals surface area contributed by atoms with E-state index in [1.165, 1.54) is 6.08 Å². The molecule has 1 aliphatic rings. The maximum absolute atomic E-state index is 9.98. The molecule has 0 aliphatic carbocycles. The van der Waals surface area contributed by atoms with Crippen LogP contribution in [0.4, 0.5) is 0 Å². The molecule has 0 unspecified atom stereocenters. The molecule has 0 radical (unpaired) electrons. The van der Waals surface area contributed by atoms with Crippen LogP contribution in [0.15, 0.2) is 22.0 Å². The van der Waals surface area contributed by atoms with E-state index in [9.17, 15) is 4.79 Å². The van der Waals surface area contributed by atoms with E-state index in [0.29, 0.717) is 6.54 Å². The number of carboxylic acid groups (broad SMARTS) is 1. The molecule has 0 atom stereocenters. The molecule has 0 aromatic heterocycles. The van der Waals surface area contributed by atoms with Crippen molar-refractivity contribution in [2.75, 3.05) is 6.54 Å². The normalized spacial score (nSPS) is 16.2. The zero-order chi connectivity index (χ0) is 5.98. The number of nitrogens with zero attached hydrogens (tertiary/aromatic N) is 2. The summed E-state index contributed by atoms with van der Waals surface area (Å²) in [5.41, 5.74) is 0.0463. The van der Waals surface area contributed by atoms with Gasteiger partial charge in [-0.25, -0.2) is 4.79 Å². The molecule has 0 saturated carbocycles. The Kier molecular flexibility index (Phi) is 1.07. The Hall–Kier alpha value is -1.19. The Morgan fingerprint density at radius 1 is 1.88 bits per heavy atom. The molecule has 0 aromatic rings. The lowest BCUT2D eigenvalue weighted by molar-refractivity contribution is -0.132. The smallest absolute Gasteiger partial charge is 0.356 e. The van der Waals surface area contributed by atoms with Gasteiger partial charge in [-0.3, -0.25) is 0 Å². The molecule has 42 valence electrons. The summed E-state index contributed by atoms with van der Waals surface area (Å²) in [6.07, 6.45) is 1.46. The van der Waals surface area contributed by atoms with Crippen molar-refractivity contribution < 1.29 is 9.90 Å². The van der Waals surface area contributed by atoms with Crippen molar-refractivity contribution in [3.8, 4) is 0 Å². The van der Waals surface area contributed by atoms with Crippen molar-refractivity contribution in [2.45, 2.75) is 0 Å². The molecule has 4 nitrogen and oxygen atoms in total. The van der Waals surface area contributed by atoms with Crippen LogP contribution in [0.25, 0.3) is 0 Å². The van der Waals surface area contributed by atoms with E-state index in [1.807, 2.05) is 0 Å². The summed E-state index contributed by atoms with van der Waals surface area (Å²) < 4.78 is 0. The molecular weight excluding hydrogens is 108 g/mol. The number of hydrogen-bond donors (Lipinski definition) is 1. The highest BCUT2D eigenvalue weighted by Gasteiger charge is 2.07. The number of hydrogen-bond acceptors (Lipinski definition) is 3. The van der Waals surface area contributed by atoms with Crippen LogP contribution in [-0.2, 0) is 4.79 Å². The Bertz CT molecular complexity index is 171. The van der Waals surface area contributed by atoms with Gasteiger partial charge in [-0.15, -0.1) is 5.11 Å². The van der Waals surface area contributed by atoms with Crippen LogP contribution >= 0.6 is 0 Å². The number of carboxylic acids is 1. The summed E-state index contributed by atoms with van der Waals surface area (Å²) in [5.74, 6) is -1.01. The summed E-state index contributed by atoms with van der Waals surface area (Å²) in [6.45, 7) is 0.404. The van der Waals surface area contributed by atoms with Gasteiger partial charge in [0.25, 0.3) is 0 Å². The molecule has 0 spiro atoms. The fourth-order valence-corrected chi connectivity index (χ4v) is 0.415. The highest BCUT2D eigenvalue weighted by Crippen LogP contribution is 2.03. The summed E-state index contributed by atoms with van der Waals surface area (Å²) in [6, 6.07) is 0. The topological polar surface area (TPSA) is 62.0 Å². The van der Waals surface area contributed by atoms with Crippen LogP contribution in [0, 0.1) is 0 Å². The summed E-state index contributed by atoms with van der Waals surface area (Å²) >= 11 is 0. The van der Waals surface area contributed by atoms with Gasteiger partial charge in [-0.05, 0) is 6.08 Å². The molecule has 0 aromatic carbocycles. The first-order valence-corrected chi connectivity index (χ1v) is 2.11. The maximum atomic E-state index is 9.98. The molecule has 1 N–H and O–H groups in total. The van der Waals surface area contributed by atoms with E-state index < -0.39 is 5.97 Å². The number of carbonyl (C=O) groups is 1. The lowest BCUT2D eigenvalue weighted by Crippen LogP contribution is -1.94. The maximum Gasteiger partial charge on any atom is 0.356 e. The quantitative estimate of drug-likeness (QED) is 0.534. The van der Waals surface area contributed by atoms with Crippen LogP contribution in [-0.4, -0.2) is 17.6 Å². The van der Waals surface area contributed by atoms with Crippen LogP contribution < -0.4 is 0 Å². The van der Waals surface area contributed by atoms with Gasteiger partial charge in [-0.1, -0.05) is 0 Å². The van der Waals surface area contributed by atoms with Crippen LogP contribution in [0.2, 0.25) is 0 Å². The van der Waals surface area contributed by atoms with Crippen molar-refractivity contribution >= 4 is 5.97 Å². The molecule has 1 heterocycles. The van der Waals surface area contributed by atoms with Crippen LogP contribution in [0.1, 0.15) is 0 Å². The minimum absolute atomic E-state index is 0.0463. The molecule has 0 fully saturated rings. The first-order valence-electron chi connectivity index (χ1n) is 2.11. The van der Waals surface area contributed by atoms with Gasteiger partial charge in [0.15, 0.2) is 5.70 Å². The van der Waals surface area contributed by atoms with Gasteiger partial charge in [0, 0.05) is 0 Å². The minimum atomic E-state index is -1.01. The van der Waals surface area contributed by atoms with E-state index >= 15 is 0 Å². The van der Waals surface area contributed by atoms with E-state index in [1.54, 1.807) is 0 Å². The third-order valence-corrected chi connectivity index (χ3v) is 0.764. The van der Waals surface area contributed by atoms with Gasteiger partial charge in [0.1, 0.15) is 0 Å². The average Bonchev–Trinajstić information content (AvgIpc) is 2.12. The predicted molar refractivity (Wildman–Crippen MR) is 25.4 cm³/mol. The molecule has 8 heavy (non-hydrogen) atoms. The summed E-state index contributed by atoms with van der Waals surface area (Å²) in [4.78, 5) is 9.98.